The Labute approximate surface area is 139 Å². The molecule has 0 saturated carbocycles. The molecule has 0 fully saturated rings. The molecule has 3 nitrogen and oxygen atoms in total. The van der Waals surface area contributed by atoms with Crippen molar-refractivity contribution in [2.24, 2.45) is 0 Å². The Morgan fingerprint density at radius 3 is 2.25 bits per heavy atom. The van der Waals surface area contributed by atoms with Crippen LogP contribution >= 0.6 is 11.6 Å². The van der Waals surface area contributed by atoms with Gasteiger partial charge in [-0.05, 0) is 30.3 Å². The van der Waals surface area contributed by atoms with Gasteiger partial charge in [0.1, 0.15) is 16.5 Å². The van der Waals surface area contributed by atoms with Crippen molar-refractivity contribution in [3.63, 3.8) is 0 Å². The fourth-order valence-corrected chi connectivity index (χ4v) is 3.35. The van der Waals surface area contributed by atoms with E-state index in [0.717, 1.165) is 24.3 Å². The predicted octanol–water partition coefficient (Wildman–Crippen LogP) is 4.12. The van der Waals surface area contributed by atoms with E-state index in [4.69, 9.17) is 11.6 Å². The molecule has 2 aromatic rings. The third-order valence-electron chi connectivity index (χ3n) is 3.02. The number of hydrogen-bond donors (Lipinski definition) is 1. The second-order valence-electron chi connectivity index (χ2n) is 4.70. The molecule has 0 bridgehead atoms. The lowest BCUT2D eigenvalue weighted by molar-refractivity contribution is -0.137. The van der Waals surface area contributed by atoms with Crippen molar-refractivity contribution in [2.45, 2.75) is 17.6 Å². The molecule has 0 spiro atoms. The van der Waals surface area contributed by atoms with Gasteiger partial charge in [-0.15, -0.1) is 0 Å². The summed E-state index contributed by atoms with van der Waals surface area (Å²) in [5.41, 5.74) is -1.47. The van der Waals surface area contributed by atoms with Crippen LogP contribution in [0.1, 0.15) is 11.1 Å². The monoisotopic (exact) mass is 385 g/mol. The Morgan fingerprint density at radius 1 is 1.04 bits per heavy atom. The van der Waals surface area contributed by atoms with Gasteiger partial charge in [-0.2, -0.15) is 13.2 Å². The lowest BCUT2D eigenvalue weighted by Crippen LogP contribution is -2.24. The van der Waals surface area contributed by atoms with Gasteiger partial charge in [0.25, 0.3) is 0 Å². The van der Waals surface area contributed by atoms with Crippen LogP contribution in [0.15, 0.2) is 41.3 Å². The van der Waals surface area contributed by atoms with Crippen LogP contribution in [0.2, 0.25) is 5.02 Å². The molecule has 0 aliphatic heterocycles. The minimum Gasteiger partial charge on any atom is -0.207 e. The fraction of sp³-hybridized carbons (Fsp3) is 0.143. The van der Waals surface area contributed by atoms with Crippen LogP contribution in [0.3, 0.4) is 0 Å². The smallest absolute Gasteiger partial charge is 0.207 e. The van der Waals surface area contributed by atoms with E-state index in [0.29, 0.717) is 6.07 Å². The van der Waals surface area contributed by atoms with Crippen molar-refractivity contribution < 1.29 is 30.4 Å². The first-order valence-corrected chi connectivity index (χ1v) is 8.17. The van der Waals surface area contributed by atoms with Crippen LogP contribution in [0.5, 0.6) is 0 Å². The SMILES string of the molecule is O=S(=O)(NCc1ccc(C(F)(F)F)cc1F)c1ccc(F)cc1Cl. The highest BCUT2D eigenvalue weighted by atomic mass is 35.5. The van der Waals surface area contributed by atoms with Crippen LogP contribution in [0.25, 0.3) is 0 Å². The Balaban J connectivity index is 2.21. The number of sulfonamides is 1. The molecule has 0 heterocycles. The summed E-state index contributed by atoms with van der Waals surface area (Å²) in [6.45, 7) is -0.597. The highest BCUT2D eigenvalue weighted by Gasteiger charge is 2.31. The standard InChI is InChI=1S/C14H9ClF5NO2S/c15-11-6-10(16)3-4-13(11)24(22,23)21-7-8-1-2-9(5-12(8)17)14(18,19)20/h1-6,21H,7H2. The number of hydrogen-bond acceptors (Lipinski definition) is 2. The van der Waals surface area contributed by atoms with Gasteiger partial charge >= 0.3 is 6.18 Å². The average Bonchev–Trinajstić information content (AvgIpc) is 2.44. The number of halogens is 6. The molecule has 10 heteroatoms. The maximum absolute atomic E-state index is 13.7. The molecule has 0 aromatic heterocycles. The minimum absolute atomic E-state index is 0.272. The second kappa shape index (κ2) is 6.66. The summed E-state index contributed by atoms with van der Waals surface area (Å²) in [4.78, 5) is -0.433. The molecular weight excluding hydrogens is 377 g/mol. The molecule has 1 N–H and O–H groups in total. The van der Waals surface area contributed by atoms with E-state index in [2.05, 4.69) is 0 Å². The summed E-state index contributed by atoms with van der Waals surface area (Å²) in [5, 5.41) is -0.379. The van der Waals surface area contributed by atoms with E-state index in [9.17, 15) is 30.4 Å². The summed E-state index contributed by atoms with van der Waals surface area (Å²) in [6, 6.07) is 4.32. The van der Waals surface area contributed by atoms with Gasteiger partial charge in [0.05, 0.1) is 10.6 Å². The Hall–Kier alpha value is -1.71. The third kappa shape index (κ3) is 4.22. The fourth-order valence-electron chi connectivity index (χ4n) is 1.81. The summed E-state index contributed by atoms with van der Waals surface area (Å²) >= 11 is 5.64. The maximum Gasteiger partial charge on any atom is 0.416 e. The molecular formula is C14H9ClF5NO2S. The van der Waals surface area contributed by atoms with E-state index in [1.165, 1.54) is 0 Å². The van der Waals surface area contributed by atoms with E-state index in [1.54, 1.807) is 0 Å². The number of benzene rings is 2. The van der Waals surface area contributed by atoms with Crippen molar-refractivity contribution in [1.82, 2.24) is 4.72 Å². The Kier molecular flexibility index (Phi) is 5.17. The molecule has 24 heavy (non-hydrogen) atoms. The molecule has 0 amide bonds. The van der Waals surface area contributed by atoms with Crippen molar-refractivity contribution in [3.05, 3.63) is 64.2 Å². The number of nitrogens with one attached hydrogen (secondary N) is 1. The van der Waals surface area contributed by atoms with Gasteiger partial charge in [-0.3, -0.25) is 0 Å². The van der Waals surface area contributed by atoms with Crippen LogP contribution in [-0.4, -0.2) is 8.42 Å². The van der Waals surface area contributed by atoms with Crippen molar-refractivity contribution in [1.29, 1.82) is 0 Å². The van der Waals surface area contributed by atoms with E-state index in [-0.39, 0.29) is 16.7 Å². The maximum atomic E-state index is 13.7. The van der Waals surface area contributed by atoms with E-state index >= 15 is 0 Å². The lowest BCUT2D eigenvalue weighted by Gasteiger charge is -2.11. The first kappa shape index (κ1) is 18.6. The first-order chi connectivity index (χ1) is 11.0. The Bertz CT molecular complexity index is 868. The average molecular weight is 386 g/mol. The normalized spacial score (nSPS) is 12.4. The lowest BCUT2D eigenvalue weighted by atomic mass is 10.1. The highest BCUT2D eigenvalue weighted by molar-refractivity contribution is 7.89. The van der Waals surface area contributed by atoms with Gasteiger partial charge < -0.3 is 0 Å². The van der Waals surface area contributed by atoms with Crippen molar-refractivity contribution in [2.75, 3.05) is 0 Å². The number of alkyl halides is 3. The summed E-state index contributed by atoms with van der Waals surface area (Å²) < 4.78 is 90.1. The topological polar surface area (TPSA) is 46.2 Å². The zero-order chi connectivity index (χ0) is 18.1. The molecule has 0 aliphatic carbocycles. The van der Waals surface area contributed by atoms with Gasteiger partial charge in [-0.1, -0.05) is 17.7 Å². The van der Waals surface area contributed by atoms with Crippen LogP contribution in [-0.2, 0) is 22.7 Å². The molecule has 0 radical (unpaired) electrons. The third-order valence-corrected chi connectivity index (χ3v) is 4.90. The number of rotatable bonds is 4. The van der Waals surface area contributed by atoms with Gasteiger partial charge in [-0.25, -0.2) is 21.9 Å². The van der Waals surface area contributed by atoms with Gasteiger partial charge in [0.2, 0.25) is 10.0 Å². The van der Waals surface area contributed by atoms with Gasteiger partial charge in [0.15, 0.2) is 0 Å². The highest BCUT2D eigenvalue weighted by Crippen LogP contribution is 2.30. The van der Waals surface area contributed by atoms with E-state index in [1.807, 2.05) is 4.72 Å². The molecule has 130 valence electrons. The van der Waals surface area contributed by atoms with Crippen molar-refractivity contribution in [3.8, 4) is 0 Å². The molecule has 0 atom stereocenters. The Morgan fingerprint density at radius 2 is 1.71 bits per heavy atom. The largest absolute Gasteiger partial charge is 0.416 e. The molecule has 0 unspecified atom stereocenters. The van der Waals surface area contributed by atoms with Crippen molar-refractivity contribution >= 4 is 21.6 Å². The second-order valence-corrected chi connectivity index (χ2v) is 6.85. The van der Waals surface area contributed by atoms with Crippen LogP contribution < -0.4 is 4.72 Å². The predicted molar refractivity (Wildman–Crippen MR) is 76.8 cm³/mol. The zero-order valence-electron chi connectivity index (χ0n) is 11.7. The molecule has 2 rings (SSSR count). The molecule has 0 saturated heterocycles. The van der Waals surface area contributed by atoms with Crippen LogP contribution in [0.4, 0.5) is 22.0 Å². The molecule has 0 aliphatic rings. The van der Waals surface area contributed by atoms with Gasteiger partial charge in [0, 0.05) is 12.1 Å². The first-order valence-electron chi connectivity index (χ1n) is 6.31. The minimum atomic E-state index is -4.71. The van der Waals surface area contributed by atoms with Crippen LogP contribution in [0, 0.1) is 11.6 Å². The molecule has 2 aromatic carbocycles. The summed E-state index contributed by atoms with van der Waals surface area (Å²) in [6.07, 6.45) is -4.71. The zero-order valence-corrected chi connectivity index (χ0v) is 13.2. The summed E-state index contributed by atoms with van der Waals surface area (Å²) in [7, 11) is -4.20. The van der Waals surface area contributed by atoms with E-state index < -0.39 is 44.8 Å². The quantitative estimate of drug-likeness (QED) is 0.805. The summed E-state index contributed by atoms with van der Waals surface area (Å²) in [5.74, 6) is -1.95.